The van der Waals surface area contributed by atoms with Gasteiger partial charge in [0.05, 0.1) is 0 Å². The van der Waals surface area contributed by atoms with E-state index in [1.807, 2.05) is 24.7 Å². The molecule has 7 heteroatoms. The molecule has 1 aromatic rings. The van der Waals surface area contributed by atoms with Gasteiger partial charge in [0.1, 0.15) is 11.9 Å². The number of hydrogen-bond donors (Lipinski definition) is 1. The third kappa shape index (κ3) is 3.60. The van der Waals surface area contributed by atoms with E-state index in [0.717, 1.165) is 12.4 Å². The van der Waals surface area contributed by atoms with Crippen molar-refractivity contribution >= 4 is 11.8 Å². The van der Waals surface area contributed by atoms with Crippen molar-refractivity contribution in [3.63, 3.8) is 0 Å². The van der Waals surface area contributed by atoms with E-state index in [2.05, 4.69) is 15.2 Å². The summed E-state index contributed by atoms with van der Waals surface area (Å²) in [6.07, 6.45) is 3.97. The predicted octanol–water partition coefficient (Wildman–Crippen LogP) is -0.530. The molecule has 1 N–H and O–H groups in total. The molecule has 1 saturated heterocycles. The molecule has 0 aliphatic carbocycles. The zero-order valence-electron chi connectivity index (χ0n) is 12.9. The van der Waals surface area contributed by atoms with Crippen LogP contribution in [0.25, 0.3) is 0 Å². The summed E-state index contributed by atoms with van der Waals surface area (Å²) in [5, 5.41) is 2.64. The average Bonchev–Trinajstić information content (AvgIpc) is 2.89. The van der Waals surface area contributed by atoms with Gasteiger partial charge in [-0.25, -0.2) is 4.98 Å². The van der Waals surface area contributed by atoms with E-state index in [0.29, 0.717) is 26.1 Å². The summed E-state index contributed by atoms with van der Waals surface area (Å²) in [5.41, 5.74) is 0. The Hall–Kier alpha value is -1.89. The zero-order valence-corrected chi connectivity index (χ0v) is 12.9. The highest BCUT2D eigenvalue weighted by atomic mass is 16.2. The first-order valence-electron chi connectivity index (χ1n) is 7.20. The minimum atomic E-state index is -0.398. The van der Waals surface area contributed by atoms with Crippen molar-refractivity contribution in [2.45, 2.75) is 25.9 Å². The largest absolute Gasteiger partial charge is 0.357 e. The van der Waals surface area contributed by atoms with Gasteiger partial charge in [-0.2, -0.15) is 0 Å². The maximum absolute atomic E-state index is 12.4. The topological polar surface area (TPSA) is 70.5 Å². The maximum atomic E-state index is 12.4. The molecule has 0 spiro atoms. The van der Waals surface area contributed by atoms with E-state index in [9.17, 15) is 9.59 Å². The van der Waals surface area contributed by atoms with E-state index in [1.165, 1.54) is 0 Å². The maximum Gasteiger partial charge on any atom is 0.243 e. The molecule has 0 saturated carbocycles. The molecule has 21 heavy (non-hydrogen) atoms. The third-order valence-electron chi connectivity index (χ3n) is 3.94. The van der Waals surface area contributed by atoms with Crippen LogP contribution in [-0.4, -0.2) is 70.9 Å². The number of carbonyl (C=O) groups is 2. The number of carbonyl (C=O) groups excluding carboxylic acids is 2. The number of hydrogen-bond acceptors (Lipinski definition) is 4. The fraction of sp³-hybridized carbons (Fsp3) is 0.643. The van der Waals surface area contributed by atoms with Crippen molar-refractivity contribution < 1.29 is 9.59 Å². The summed E-state index contributed by atoms with van der Waals surface area (Å²) < 4.78 is 1.95. The molecule has 2 heterocycles. The van der Waals surface area contributed by atoms with Crippen LogP contribution in [0.15, 0.2) is 12.4 Å². The number of aromatic nitrogens is 2. The zero-order chi connectivity index (χ0) is 15.4. The minimum absolute atomic E-state index is 0.0183. The molecule has 2 amide bonds. The van der Waals surface area contributed by atoms with Crippen LogP contribution in [0.1, 0.15) is 12.2 Å². The van der Waals surface area contributed by atoms with Crippen LogP contribution < -0.4 is 5.32 Å². The van der Waals surface area contributed by atoms with Crippen LogP contribution in [0.2, 0.25) is 0 Å². The van der Waals surface area contributed by atoms with Gasteiger partial charge in [-0.1, -0.05) is 0 Å². The van der Waals surface area contributed by atoms with Crippen molar-refractivity contribution in [2.24, 2.45) is 0 Å². The smallest absolute Gasteiger partial charge is 0.243 e. The third-order valence-corrected chi connectivity index (χ3v) is 3.94. The fourth-order valence-electron chi connectivity index (χ4n) is 2.61. The highest BCUT2D eigenvalue weighted by molar-refractivity contribution is 5.88. The van der Waals surface area contributed by atoms with Gasteiger partial charge in [0.2, 0.25) is 11.8 Å². The first-order valence-corrected chi connectivity index (χ1v) is 7.20. The molecule has 1 aliphatic rings. The molecule has 0 aromatic carbocycles. The lowest BCUT2D eigenvalue weighted by molar-refractivity contribution is -0.143. The van der Waals surface area contributed by atoms with Crippen LogP contribution in [0, 0.1) is 6.92 Å². The van der Waals surface area contributed by atoms with Gasteiger partial charge in [-0.15, -0.1) is 0 Å². The molecule has 0 radical (unpaired) electrons. The normalized spacial score (nSPS) is 19.6. The van der Waals surface area contributed by atoms with Crippen LogP contribution in [0.4, 0.5) is 0 Å². The number of aryl methyl sites for hydroxylation is 2. The first kappa shape index (κ1) is 15.5. The number of imidazole rings is 1. The number of likely N-dealkylation sites (N-methyl/N-ethyl adjacent to an activating group) is 2. The summed E-state index contributed by atoms with van der Waals surface area (Å²) in [5.74, 6) is 0.808. The molecule has 7 nitrogen and oxygen atoms in total. The lowest BCUT2D eigenvalue weighted by Gasteiger charge is -2.39. The number of nitrogens with zero attached hydrogens (tertiary/aromatic N) is 4. The standard InChI is InChI=1S/C14H23N5O2/c1-11-16-5-7-18(11)6-4-13(20)19-9-8-17(3)10-12(19)14(21)15-2/h5,7,12H,4,6,8-10H2,1-3H3,(H,15,21). The summed E-state index contributed by atoms with van der Waals surface area (Å²) in [4.78, 5) is 32.3. The molecule has 116 valence electrons. The molecule has 1 atom stereocenters. The molecular formula is C14H23N5O2. The van der Waals surface area contributed by atoms with Gasteiger partial charge in [-0.3, -0.25) is 9.59 Å². The van der Waals surface area contributed by atoms with Crippen molar-refractivity contribution in [3.8, 4) is 0 Å². The SMILES string of the molecule is CNC(=O)C1CN(C)CCN1C(=O)CCn1ccnc1C. The highest BCUT2D eigenvalue weighted by Gasteiger charge is 2.33. The van der Waals surface area contributed by atoms with Gasteiger partial charge in [0, 0.05) is 52.0 Å². The molecule has 1 fully saturated rings. The van der Waals surface area contributed by atoms with Gasteiger partial charge in [0.15, 0.2) is 0 Å². The second-order valence-corrected chi connectivity index (χ2v) is 5.40. The monoisotopic (exact) mass is 293 g/mol. The van der Waals surface area contributed by atoms with E-state index < -0.39 is 6.04 Å². The summed E-state index contributed by atoms with van der Waals surface area (Å²) >= 11 is 0. The van der Waals surface area contributed by atoms with Gasteiger partial charge in [-0.05, 0) is 14.0 Å². The molecular weight excluding hydrogens is 270 g/mol. The summed E-state index contributed by atoms with van der Waals surface area (Å²) in [7, 11) is 3.57. The van der Waals surface area contributed by atoms with Gasteiger partial charge >= 0.3 is 0 Å². The van der Waals surface area contributed by atoms with Crippen molar-refractivity contribution in [1.29, 1.82) is 0 Å². The van der Waals surface area contributed by atoms with E-state index in [1.54, 1.807) is 18.1 Å². The number of rotatable bonds is 4. The van der Waals surface area contributed by atoms with E-state index in [4.69, 9.17) is 0 Å². The number of nitrogens with one attached hydrogen (secondary N) is 1. The number of amides is 2. The second-order valence-electron chi connectivity index (χ2n) is 5.40. The van der Waals surface area contributed by atoms with Crippen LogP contribution >= 0.6 is 0 Å². The van der Waals surface area contributed by atoms with Crippen LogP contribution in [-0.2, 0) is 16.1 Å². The van der Waals surface area contributed by atoms with Crippen molar-refractivity contribution in [3.05, 3.63) is 18.2 Å². The highest BCUT2D eigenvalue weighted by Crippen LogP contribution is 2.11. The average molecular weight is 293 g/mol. The lowest BCUT2D eigenvalue weighted by Crippen LogP contribution is -2.59. The predicted molar refractivity (Wildman–Crippen MR) is 78.6 cm³/mol. The Bertz CT molecular complexity index is 513. The van der Waals surface area contributed by atoms with Gasteiger partial charge in [0.25, 0.3) is 0 Å². The minimum Gasteiger partial charge on any atom is -0.357 e. The van der Waals surface area contributed by atoms with Crippen molar-refractivity contribution in [2.75, 3.05) is 33.7 Å². The molecule has 1 aliphatic heterocycles. The molecule has 1 unspecified atom stereocenters. The van der Waals surface area contributed by atoms with E-state index in [-0.39, 0.29) is 11.8 Å². The van der Waals surface area contributed by atoms with Crippen LogP contribution in [0.3, 0.4) is 0 Å². The Morgan fingerprint density at radius 1 is 1.43 bits per heavy atom. The Kier molecular flexibility index (Phi) is 4.95. The Morgan fingerprint density at radius 2 is 2.19 bits per heavy atom. The van der Waals surface area contributed by atoms with Crippen LogP contribution in [0.5, 0.6) is 0 Å². The molecule has 0 bridgehead atoms. The fourth-order valence-corrected chi connectivity index (χ4v) is 2.61. The Labute approximate surface area is 124 Å². The summed E-state index contributed by atoms with van der Waals surface area (Å²) in [6, 6.07) is -0.398. The first-order chi connectivity index (χ1) is 10.0. The Balaban J connectivity index is 1.99. The molecule has 1 aromatic heterocycles. The van der Waals surface area contributed by atoms with Crippen molar-refractivity contribution in [1.82, 2.24) is 24.7 Å². The lowest BCUT2D eigenvalue weighted by atomic mass is 10.1. The Morgan fingerprint density at radius 3 is 2.81 bits per heavy atom. The number of piperazine rings is 1. The van der Waals surface area contributed by atoms with E-state index >= 15 is 0 Å². The summed E-state index contributed by atoms with van der Waals surface area (Å²) in [6.45, 7) is 4.47. The van der Waals surface area contributed by atoms with Gasteiger partial charge < -0.3 is 19.7 Å². The molecule has 2 rings (SSSR count). The second kappa shape index (κ2) is 6.71. The quantitative estimate of drug-likeness (QED) is 0.810.